The van der Waals surface area contributed by atoms with E-state index in [0.29, 0.717) is 23.7 Å². The first-order chi connectivity index (χ1) is 15.4. The number of nitrogens with one attached hydrogen (secondary N) is 1. The Morgan fingerprint density at radius 2 is 1.78 bits per heavy atom. The fraction of sp³-hybridized carbons (Fsp3) is 0.440. The van der Waals surface area contributed by atoms with E-state index in [1.165, 1.54) is 11.8 Å². The third-order valence-corrected chi connectivity index (χ3v) is 6.70. The number of nitrogens with zero attached hydrogens (tertiary/aromatic N) is 1. The zero-order valence-electron chi connectivity index (χ0n) is 19.3. The molecular weight excluding hydrogens is 444 g/mol. The predicted octanol–water partition coefficient (Wildman–Crippen LogP) is 5.30. The van der Waals surface area contributed by atoms with Gasteiger partial charge in [-0.1, -0.05) is 55.8 Å². The Bertz CT molecular complexity index is 876. The van der Waals surface area contributed by atoms with Crippen molar-refractivity contribution in [1.29, 1.82) is 0 Å². The largest absolute Gasteiger partial charge is 0.497 e. The van der Waals surface area contributed by atoms with Crippen molar-refractivity contribution >= 4 is 35.2 Å². The van der Waals surface area contributed by atoms with Crippen molar-refractivity contribution in [1.82, 2.24) is 10.2 Å². The lowest BCUT2D eigenvalue weighted by molar-refractivity contribution is -0.139. The minimum atomic E-state index is -0.547. The number of hydrogen-bond acceptors (Lipinski definition) is 4. The van der Waals surface area contributed by atoms with Crippen molar-refractivity contribution in [2.24, 2.45) is 0 Å². The number of amides is 2. The zero-order valence-corrected chi connectivity index (χ0v) is 20.8. The molecule has 0 fully saturated rings. The second kappa shape index (κ2) is 13.4. The van der Waals surface area contributed by atoms with Crippen LogP contribution in [-0.2, 0) is 21.9 Å². The maximum absolute atomic E-state index is 13.3. The number of methoxy groups -OCH3 is 1. The van der Waals surface area contributed by atoms with Crippen LogP contribution >= 0.6 is 23.4 Å². The molecule has 2 aromatic rings. The standard InChI is InChI=1S/C25H33ClN2O3S/c1-5-18(3)27-25(30)23(6-2)28(15-20-9-7-8-10-22(20)26)24(29)17-32-16-19-11-13-21(31-4)14-12-19/h7-14,18,23H,5-6,15-17H2,1-4H3,(H,27,30)/t18-,23+/m1/s1. The van der Waals surface area contributed by atoms with Gasteiger partial charge in [-0.25, -0.2) is 0 Å². The molecule has 2 aromatic carbocycles. The molecule has 174 valence electrons. The summed E-state index contributed by atoms with van der Waals surface area (Å²) >= 11 is 7.89. The summed E-state index contributed by atoms with van der Waals surface area (Å²) in [5.74, 6) is 1.59. The summed E-state index contributed by atoms with van der Waals surface area (Å²) in [7, 11) is 1.64. The molecule has 1 N–H and O–H groups in total. The smallest absolute Gasteiger partial charge is 0.243 e. The first kappa shape index (κ1) is 26.1. The van der Waals surface area contributed by atoms with Gasteiger partial charge < -0.3 is 15.0 Å². The normalized spacial score (nSPS) is 12.7. The first-order valence-electron chi connectivity index (χ1n) is 10.9. The topological polar surface area (TPSA) is 58.6 Å². The summed E-state index contributed by atoms with van der Waals surface area (Å²) in [6.07, 6.45) is 1.36. The lowest BCUT2D eigenvalue weighted by Gasteiger charge is -2.31. The molecule has 0 aliphatic heterocycles. The molecule has 0 aromatic heterocycles. The average Bonchev–Trinajstić information content (AvgIpc) is 2.80. The molecule has 0 spiro atoms. The highest BCUT2D eigenvalue weighted by Gasteiger charge is 2.29. The Morgan fingerprint density at radius 1 is 1.09 bits per heavy atom. The van der Waals surface area contributed by atoms with Gasteiger partial charge in [0.25, 0.3) is 0 Å². The number of carbonyl (C=O) groups excluding carboxylic acids is 2. The molecule has 2 rings (SSSR count). The molecule has 2 amide bonds. The number of halogens is 1. The Balaban J connectivity index is 2.13. The van der Waals surface area contributed by atoms with Crippen molar-refractivity contribution in [2.75, 3.05) is 12.9 Å². The van der Waals surface area contributed by atoms with Gasteiger partial charge in [0, 0.05) is 23.4 Å². The Morgan fingerprint density at radius 3 is 2.38 bits per heavy atom. The SMILES string of the molecule is CC[C@@H](C)NC(=O)[C@H](CC)N(Cc1ccccc1Cl)C(=O)CSCc1ccc(OC)cc1. The van der Waals surface area contributed by atoms with Crippen LogP contribution in [0.25, 0.3) is 0 Å². The summed E-state index contributed by atoms with van der Waals surface area (Å²) in [5, 5.41) is 3.62. The van der Waals surface area contributed by atoms with Gasteiger partial charge in [-0.2, -0.15) is 0 Å². The number of benzene rings is 2. The highest BCUT2D eigenvalue weighted by molar-refractivity contribution is 7.99. The highest BCUT2D eigenvalue weighted by Crippen LogP contribution is 2.22. The van der Waals surface area contributed by atoms with Crippen LogP contribution in [0.1, 0.15) is 44.7 Å². The van der Waals surface area contributed by atoms with Crippen molar-refractivity contribution in [3.05, 3.63) is 64.7 Å². The second-order valence-electron chi connectivity index (χ2n) is 7.70. The molecule has 2 atom stereocenters. The molecule has 5 nitrogen and oxygen atoms in total. The fourth-order valence-corrected chi connectivity index (χ4v) is 4.30. The number of rotatable bonds is 12. The van der Waals surface area contributed by atoms with Crippen LogP contribution in [0, 0.1) is 0 Å². The lowest BCUT2D eigenvalue weighted by Crippen LogP contribution is -2.51. The van der Waals surface area contributed by atoms with Gasteiger partial charge in [0.05, 0.1) is 12.9 Å². The molecule has 0 saturated carbocycles. The Kier molecular flexibility index (Phi) is 10.9. The van der Waals surface area contributed by atoms with Crippen molar-refractivity contribution in [3.63, 3.8) is 0 Å². The second-order valence-corrected chi connectivity index (χ2v) is 9.09. The van der Waals surface area contributed by atoms with E-state index in [4.69, 9.17) is 16.3 Å². The van der Waals surface area contributed by atoms with E-state index >= 15 is 0 Å². The van der Waals surface area contributed by atoms with Crippen LogP contribution < -0.4 is 10.1 Å². The molecule has 0 heterocycles. The van der Waals surface area contributed by atoms with E-state index in [2.05, 4.69) is 5.32 Å². The van der Waals surface area contributed by atoms with Crippen LogP contribution in [0.5, 0.6) is 5.75 Å². The first-order valence-corrected chi connectivity index (χ1v) is 12.5. The van der Waals surface area contributed by atoms with Crippen LogP contribution in [0.2, 0.25) is 5.02 Å². The third kappa shape index (κ3) is 7.75. The highest BCUT2D eigenvalue weighted by atomic mass is 35.5. The average molecular weight is 477 g/mol. The lowest BCUT2D eigenvalue weighted by atomic mass is 10.1. The van der Waals surface area contributed by atoms with Crippen LogP contribution in [0.15, 0.2) is 48.5 Å². The summed E-state index contributed by atoms with van der Waals surface area (Å²) < 4.78 is 5.19. The van der Waals surface area contributed by atoms with Crippen molar-refractivity contribution in [2.45, 2.75) is 58.0 Å². The molecule has 7 heteroatoms. The van der Waals surface area contributed by atoms with Crippen LogP contribution in [0.4, 0.5) is 0 Å². The Hall–Kier alpha value is -2.18. The van der Waals surface area contributed by atoms with Gasteiger partial charge >= 0.3 is 0 Å². The Labute approximate surface area is 200 Å². The molecule has 0 radical (unpaired) electrons. The van der Waals surface area contributed by atoms with Crippen LogP contribution in [-0.4, -0.2) is 41.7 Å². The molecule has 0 saturated heterocycles. The molecule has 0 aliphatic rings. The molecule has 32 heavy (non-hydrogen) atoms. The van der Waals surface area contributed by atoms with Gasteiger partial charge in [0.2, 0.25) is 11.8 Å². The molecular formula is C25H33ClN2O3S. The van der Waals surface area contributed by atoms with Crippen LogP contribution in [0.3, 0.4) is 0 Å². The van der Waals surface area contributed by atoms with Gasteiger partial charge in [0.1, 0.15) is 11.8 Å². The van der Waals surface area contributed by atoms with Crippen molar-refractivity contribution in [3.8, 4) is 5.75 Å². The van der Waals surface area contributed by atoms with E-state index < -0.39 is 6.04 Å². The van der Waals surface area contributed by atoms with E-state index in [-0.39, 0.29) is 23.6 Å². The predicted molar refractivity (Wildman–Crippen MR) is 133 cm³/mol. The van der Waals surface area contributed by atoms with E-state index in [1.807, 2.05) is 63.2 Å². The molecule has 0 aliphatic carbocycles. The number of carbonyl (C=O) groups is 2. The maximum atomic E-state index is 13.3. The third-order valence-electron chi connectivity index (χ3n) is 5.34. The summed E-state index contributed by atoms with van der Waals surface area (Å²) in [4.78, 5) is 27.9. The summed E-state index contributed by atoms with van der Waals surface area (Å²) in [5.41, 5.74) is 1.94. The van der Waals surface area contributed by atoms with Crippen molar-refractivity contribution < 1.29 is 14.3 Å². The van der Waals surface area contributed by atoms with E-state index in [9.17, 15) is 9.59 Å². The summed E-state index contributed by atoms with van der Waals surface area (Å²) in [6.45, 7) is 6.22. The minimum Gasteiger partial charge on any atom is -0.497 e. The van der Waals surface area contributed by atoms with Gasteiger partial charge in [-0.3, -0.25) is 9.59 Å². The quantitative estimate of drug-likeness (QED) is 0.451. The molecule has 0 unspecified atom stereocenters. The monoisotopic (exact) mass is 476 g/mol. The zero-order chi connectivity index (χ0) is 23.5. The number of ether oxygens (including phenoxy) is 1. The number of hydrogen-bond donors (Lipinski definition) is 1. The maximum Gasteiger partial charge on any atom is 0.243 e. The van der Waals surface area contributed by atoms with Gasteiger partial charge in [-0.15, -0.1) is 11.8 Å². The fourth-order valence-electron chi connectivity index (χ4n) is 3.23. The summed E-state index contributed by atoms with van der Waals surface area (Å²) in [6, 6.07) is 14.8. The van der Waals surface area contributed by atoms with E-state index in [0.717, 1.165) is 23.3 Å². The number of thioether (sulfide) groups is 1. The molecule has 0 bridgehead atoms. The minimum absolute atomic E-state index is 0.0539. The van der Waals surface area contributed by atoms with Gasteiger partial charge in [0.15, 0.2) is 0 Å². The van der Waals surface area contributed by atoms with E-state index in [1.54, 1.807) is 18.1 Å². The van der Waals surface area contributed by atoms with Gasteiger partial charge in [-0.05, 0) is 49.1 Å².